The van der Waals surface area contributed by atoms with Crippen molar-refractivity contribution in [3.05, 3.63) is 64.9 Å². The summed E-state index contributed by atoms with van der Waals surface area (Å²) in [6.45, 7) is 0.243. The number of nitrogens with zero attached hydrogens (tertiary/aromatic N) is 2. The van der Waals surface area contributed by atoms with Gasteiger partial charge in [-0.2, -0.15) is 5.26 Å². The lowest BCUT2D eigenvalue weighted by Crippen LogP contribution is -2.32. The summed E-state index contributed by atoms with van der Waals surface area (Å²) in [6, 6.07) is 14.6. The van der Waals surface area contributed by atoms with Crippen molar-refractivity contribution in [3.8, 4) is 6.07 Å². The third-order valence-corrected chi connectivity index (χ3v) is 3.23. The number of nitriles is 1. The van der Waals surface area contributed by atoms with Crippen LogP contribution in [0.15, 0.2) is 48.5 Å². The van der Waals surface area contributed by atoms with E-state index >= 15 is 0 Å². The van der Waals surface area contributed by atoms with Crippen molar-refractivity contribution in [3.63, 3.8) is 0 Å². The minimum Gasteiger partial charge on any atom is -0.307 e. The van der Waals surface area contributed by atoms with Gasteiger partial charge in [0.05, 0.1) is 23.1 Å². The highest BCUT2D eigenvalue weighted by Crippen LogP contribution is 2.23. The van der Waals surface area contributed by atoms with Gasteiger partial charge in [0.15, 0.2) is 0 Å². The van der Waals surface area contributed by atoms with Gasteiger partial charge >= 0.3 is 0 Å². The van der Waals surface area contributed by atoms with Gasteiger partial charge in [-0.25, -0.2) is 4.39 Å². The van der Waals surface area contributed by atoms with Gasteiger partial charge in [-0.3, -0.25) is 4.79 Å². The number of hydrogen-bond acceptors (Lipinski definition) is 2. The molecule has 0 aromatic heterocycles. The number of rotatable bonds is 4. The molecule has 0 fully saturated rings. The Morgan fingerprint density at radius 2 is 1.95 bits per heavy atom. The van der Waals surface area contributed by atoms with Gasteiger partial charge in [-0.05, 0) is 30.3 Å². The van der Waals surface area contributed by atoms with Crippen molar-refractivity contribution >= 4 is 23.2 Å². The van der Waals surface area contributed by atoms with Crippen LogP contribution in [0.25, 0.3) is 0 Å². The number of anilines is 1. The minimum absolute atomic E-state index is 0.0536. The molecule has 2 aromatic rings. The number of carbonyl (C=O) groups is 1. The van der Waals surface area contributed by atoms with E-state index in [4.69, 9.17) is 16.9 Å². The molecule has 21 heavy (non-hydrogen) atoms. The van der Waals surface area contributed by atoms with Crippen LogP contribution in [-0.4, -0.2) is 12.5 Å². The highest BCUT2D eigenvalue weighted by Gasteiger charge is 2.20. The number of halogens is 2. The lowest BCUT2D eigenvalue weighted by Gasteiger charge is -2.22. The van der Waals surface area contributed by atoms with Crippen molar-refractivity contribution in [2.24, 2.45) is 0 Å². The summed E-state index contributed by atoms with van der Waals surface area (Å²) < 4.78 is 13.1. The predicted molar refractivity (Wildman–Crippen MR) is 79.8 cm³/mol. The van der Waals surface area contributed by atoms with Crippen LogP contribution in [0.2, 0.25) is 5.02 Å². The SMILES string of the molecule is N#CCCN(C(=O)c1ccc(F)cc1Cl)c1ccccc1. The molecule has 0 radical (unpaired) electrons. The fourth-order valence-electron chi connectivity index (χ4n) is 1.93. The largest absolute Gasteiger partial charge is 0.307 e. The summed E-state index contributed by atoms with van der Waals surface area (Å²) in [7, 11) is 0. The average Bonchev–Trinajstić information content (AvgIpc) is 2.48. The van der Waals surface area contributed by atoms with Gasteiger partial charge in [0.2, 0.25) is 0 Å². The van der Waals surface area contributed by atoms with E-state index in [9.17, 15) is 9.18 Å². The van der Waals surface area contributed by atoms with E-state index in [1.165, 1.54) is 17.0 Å². The number of carbonyl (C=O) groups excluding carboxylic acids is 1. The molecule has 0 saturated carbocycles. The molecule has 0 unspecified atom stereocenters. The Morgan fingerprint density at radius 3 is 2.57 bits per heavy atom. The van der Waals surface area contributed by atoms with Crippen LogP contribution >= 0.6 is 11.6 Å². The first-order valence-electron chi connectivity index (χ1n) is 6.32. The fourth-order valence-corrected chi connectivity index (χ4v) is 2.17. The first-order chi connectivity index (χ1) is 10.1. The van der Waals surface area contributed by atoms with Crippen molar-refractivity contribution in [2.75, 3.05) is 11.4 Å². The van der Waals surface area contributed by atoms with Crippen molar-refractivity contribution in [1.29, 1.82) is 5.26 Å². The molecule has 2 aromatic carbocycles. The Bertz CT molecular complexity index is 682. The Hall–Kier alpha value is -2.38. The quantitative estimate of drug-likeness (QED) is 0.855. The summed E-state index contributed by atoms with van der Waals surface area (Å²) in [4.78, 5) is 14.1. The number of para-hydroxylation sites is 1. The fraction of sp³-hybridized carbons (Fsp3) is 0.125. The average molecular weight is 303 g/mol. The molecule has 0 aliphatic carbocycles. The van der Waals surface area contributed by atoms with E-state index in [0.29, 0.717) is 5.69 Å². The van der Waals surface area contributed by atoms with Crippen LogP contribution in [0.4, 0.5) is 10.1 Å². The summed E-state index contributed by atoms with van der Waals surface area (Å²) in [6.07, 6.45) is 0.194. The molecular formula is C16H12ClFN2O. The molecule has 0 aliphatic rings. The first kappa shape index (κ1) is 15.0. The summed E-state index contributed by atoms with van der Waals surface area (Å²) in [5.74, 6) is -0.860. The zero-order chi connectivity index (χ0) is 15.2. The van der Waals surface area contributed by atoms with Crippen LogP contribution in [-0.2, 0) is 0 Å². The molecule has 0 bridgehead atoms. The van der Waals surface area contributed by atoms with Gasteiger partial charge < -0.3 is 4.90 Å². The normalized spacial score (nSPS) is 9.95. The number of hydrogen-bond donors (Lipinski definition) is 0. The number of benzene rings is 2. The third kappa shape index (κ3) is 3.59. The second kappa shape index (κ2) is 6.87. The van der Waals surface area contributed by atoms with Crippen LogP contribution < -0.4 is 4.90 Å². The molecular weight excluding hydrogens is 291 g/mol. The summed E-state index contributed by atoms with van der Waals surface area (Å²) in [5.41, 5.74) is 0.873. The maximum atomic E-state index is 13.1. The van der Waals surface area contributed by atoms with E-state index in [0.717, 1.165) is 6.07 Å². The van der Waals surface area contributed by atoms with Crippen LogP contribution in [0.1, 0.15) is 16.8 Å². The maximum absolute atomic E-state index is 13.1. The third-order valence-electron chi connectivity index (χ3n) is 2.92. The Morgan fingerprint density at radius 1 is 1.24 bits per heavy atom. The van der Waals surface area contributed by atoms with Crippen molar-refractivity contribution < 1.29 is 9.18 Å². The number of amides is 1. The predicted octanol–water partition coefficient (Wildman–Crippen LogP) is 4.04. The lowest BCUT2D eigenvalue weighted by molar-refractivity contribution is 0.0987. The molecule has 0 heterocycles. The van der Waals surface area contributed by atoms with E-state index in [2.05, 4.69) is 0 Å². The Balaban J connectivity index is 2.37. The maximum Gasteiger partial charge on any atom is 0.259 e. The molecule has 0 aliphatic heterocycles. The Kier molecular flexibility index (Phi) is 4.91. The first-order valence-corrected chi connectivity index (χ1v) is 6.70. The standard InChI is InChI=1S/C16H12ClFN2O/c17-15-11-12(18)7-8-14(15)16(21)20(10-4-9-19)13-5-2-1-3-6-13/h1-3,5-8,11H,4,10H2. The Labute approximate surface area is 127 Å². The van der Waals surface area contributed by atoms with E-state index < -0.39 is 5.82 Å². The van der Waals surface area contributed by atoms with Gasteiger partial charge in [-0.1, -0.05) is 29.8 Å². The van der Waals surface area contributed by atoms with E-state index in [1.54, 1.807) is 24.3 Å². The van der Waals surface area contributed by atoms with Gasteiger partial charge in [-0.15, -0.1) is 0 Å². The molecule has 0 spiro atoms. The molecule has 1 amide bonds. The molecule has 0 saturated heterocycles. The van der Waals surface area contributed by atoms with Crippen LogP contribution in [0.3, 0.4) is 0 Å². The molecule has 3 nitrogen and oxygen atoms in total. The van der Waals surface area contributed by atoms with Gasteiger partial charge in [0.1, 0.15) is 5.82 Å². The highest BCUT2D eigenvalue weighted by molar-refractivity contribution is 6.34. The minimum atomic E-state index is -0.500. The smallest absolute Gasteiger partial charge is 0.259 e. The monoisotopic (exact) mass is 302 g/mol. The zero-order valence-electron chi connectivity index (χ0n) is 11.1. The summed E-state index contributed by atoms with van der Waals surface area (Å²) >= 11 is 5.94. The van der Waals surface area contributed by atoms with E-state index in [1.807, 2.05) is 12.1 Å². The van der Waals surface area contributed by atoms with Crippen molar-refractivity contribution in [2.45, 2.75) is 6.42 Å². The van der Waals surface area contributed by atoms with Gasteiger partial charge in [0, 0.05) is 12.2 Å². The van der Waals surface area contributed by atoms with E-state index in [-0.39, 0.29) is 29.5 Å². The van der Waals surface area contributed by atoms with Crippen LogP contribution in [0, 0.1) is 17.1 Å². The van der Waals surface area contributed by atoms with Gasteiger partial charge in [0.25, 0.3) is 5.91 Å². The molecule has 2 rings (SSSR count). The molecule has 106 valence electrons. The second-order valence-electron chi connectivity index (χ2n) is 4.32. The second-order valence-corrected chi connectivity index (χ2v) is 4.73. The molecule has 5 heteroatoms. The molecule has 0 N–H and O–H groups in total. The highest BCUT2D eigenvalue weighted by atomic mass is 35.5. The topological polar surface area (TPSA) is 44.1 Å². The molecule has 0 atom stereocenters. The van der Waals surface area contributed by atoms with Crippen molar-refractivity contribution in [1.82, 2.24) is 0 Å². The van der Waals surface area contributed by atoms with Crippen LogP contribution in [0.5, 0.6) is 0 Å². The summed E-state index contributed by atoms with van der Waals surface area (Å²) in [5, 5.41) is 8.80. The zero-order valence-corrected chi connectivity index (χ0v) is 11.8. The lowest BCUT2D eigenvalue weighted by atomic mass is 10.1.